The predicted octanol–water partition coefficient (Wildman–Crippen LogP) is 4.00. The van der Waals surface area contributed by atoms with Crippen LogP contribution in [-0.4, -0.2) is 45.4 Å². The average molecular weight is 490 g/mol. The Morgan fingerprint density at radius 2 is 1.88 bits per heavy atom. The Morgan fingerprint density at radius 1 is 1.15 bits per heavy atom. The van der Waals surface area contributed by atoms with E-state index in [9.17, 15) is 31.6 Å². The number of alkyl halides is 3. The van der Waals surface area contributed by atoms with Gasteiger partial charge >= 0.3 is 12.2 Å². The Hall–Kier alpha value is -3.85. The van der Waals surface area contributed by atoms with Crippen molar-refractivity contribution in [1.29, 1.82) is 5.26 Å². The number of benzene rings is 2. The molecule has 12 heteroatoms. The van der Waals surface area contributed by atoms with Crippen LogP contribution in [0.2, 0.25) is 0 Å². The molecule has 2 heterocycles. The summed E-state index contributed by atoms with van der Waals surface area (Å²) in [6.45, 7) is -0.241. The summed E-state index contributed by atoms with van der Waals surface area (Å²) in [5.41, 5.74) is -0.962. The smallest absolute Gasteiger partial charge is 0.416 e. The number of rotatable bonds is 4. The van der Waals surface area contributed by atoms with E-state index in [0.717, 1.165) is 34.3 Å². The molecule has 0 radical (unpaired) electrons. The molecule has 1 saturated heterocycles. The molecule has 1 atom stereocenters. The van der Waals surface area contributed by atoms with E-state index in [-0.39, 0.29) is 28.6 Å². The third-order valence-electron chi connectivity index (χ3n) is 5.45. The fourth-order valence-corrected chi connectivity index (χ4v) is 4.44. The predicted molar refractivity (Wildman–Crippen MR) is 117 cm³/mol. The first-order chi connectivity index (χ1) is 16.0. The summed E-state index contributed by atoms with van der Waals surface area (Å²) < 4.78 is 69.2. The number of urea groups is 1. The van der Waals surface area contributed by atoms with Crippen molar-refractivity contribution in [2.24, 2.45) is 0 Å². The Balaban J connectivity index is 1.86. The van der Waals surface area contributed by atoms with Crippen molar-refractivity contribution in [2.45, 2.75) is 17.1 Å². The largest absolute Gasteiger partial charge is 0.495 e. The molecule has 2 aromatic carbocycles. The van der Waals surface area contributed by atoms with Gasteiger partial charge in [-0.25, -0.2) is 13.2 Å². The number of anilines is 2. The van der Waals surface area contributed by atoms with Gasteiger partial charge in [0.05, 0.1) is 47.8 Å². The van der Waals surface area contributed by atoms with Gasteiger partial charge in [-0.2, -0.15) is 18.4 Å². The van der Waals surface area contributed by atoms with Gasteiger partial charge in [-0.15, -0.1) is 0 Å². The van der Waals surface area contributed by atoms with E-state index >= 15 is 0 Å². The number of fused-ring (bicyclic) bond motifs is 1. The molecule has 176 valence electrons. The Bertz CT molecular complexity index is 1450. The van der Waals surface area contributed by atoms with E-state index in [4.69, 9.17) is 4.74 Å². The number of halogens is 3. The molecule has 0 aliphatic carbocycles. The minimum absolute atomic E-state index is 0.00371. The van der Waals surface area contributed by atoms with Gasteiger partial charge in [-0.3, -0.25) is 14.8 Å². The molecule has 1 aliphatic heterocycles. The van der Waals surface area contributed by atoms with E-state index in [1.807, 2.05) is 6.07 Å². The molecule has 0 spiro atoms. The van der Waals surface area contributed by atoms with E-state index in [2.05, 4.69) is 4.98 Å². The Kier molecular flexibility index (Phi) is 5.61. The minimum atomic E-state index is -4.65. The van der Waals surface area contributed by atoms with E-state index < -0.39 is 33.6 Å². The van der Waals surface area contributed by atoms with Crippen LogP contribution in [0.1, 0.15) is 5.56 Å². The van der Waals surface area contributed by atoms with Crippen LogP contribution < -0.4 is 14.5 Å². The molecule has 2 amide bonds. The molecule has 0 unspecified atom stereocenters. The molecule has 3 aromatic rings. The van der Waals surface area contributed by atoms with Crippen LogP contribution in [0.4, 0.5) is 29.3 Å². The van der Waals surface area contributed by atoms with Crippen LogP contribution in [0.25, 0.3) is 10.8 Å². The number of hydrogen-bond donors (Lipinski definition) is 0. The molecule has 1 fully saturated rings. The maximum absolute atomic E-state index is 13.4. The number of carbonyl (C=O) groups is 1. The molecule has 1 aromatic heterocycles. The second kappa shape index (κ2) is 8.18. The highest BCUT2D eigenvalue weighted by atomic mass is 32.2. The van der Waals surface area contributed by atoms with Crippen LogP contribution in [-0.2, 0) is 16.0 Å². The van der Waals surface area contributed by atoms with Crippen LogP contribution >= 0.6 is 0 Å². The van der Waals surface area contributed by atoms with Gasteiger partial charge in [-0.1, -0.05) is 6.07 Å². The van der Waals surface area contributed by atoms with Crippen LogP contribution in [0.5, 0.6) is 5.75 Å². The number of carbonyl (C=O) groups excluding carboxylic acids is 1. The second-order valence-electron chi connectivity index (χ2n) is 7.61. The second-order valence-corrected chi connectivity index (χ2v) is 9.62. The average Bonchev–Trinajstić information content (AvgIpc) is 3.12. The van der Waals surface area contributed by atoms with Crippen LogP contribution in [0.15, 0.2) is 53.7 Å². The molecule has 34 heavy (non-hydrogen) atoms. The van der Waals surface area contributed by atoms with E-state index in [1.165, 1.54) is 37.7 Å². The third-order valence-corrected chi connectivity index (χ3v) is 6.56. The Labute approximate surface area is 192 Å². The van der Waals surface area contributed by atoms with Crippen LogP contribution in [0, 0.1) is 11.3 Å². The lowest BCUT2D eigenvalue weighted by molar-refractivity contribution is -0.137. The van der Waals surface area contributed by atoms with Crippen molar-refractivity contribution < 1.29 is 31.1 Å². The molecular weight excluding hydrogens is 473 g/mol. The van der Waals surface area contributed by atoms with Crippen molar-refractivity contribution in [2.75, 3.05) is 29.7 Å². The van der Waals surface area contributed by atoms with Crippen molar-refractivity contribution in [1.82, 2.24) is 4.98 Å². The number of methoxy groups -OCH3 is 1. The maximum Gasteiger partial charge on any atom is 0.416 e. The number of ether oxygens (including phenoxy) is 1. The first kappa shape index (κ1) is 23.3. The van der Waals surface area contributed by atoms with Crippen molar-refractivity contribution in [3.63, 3.8) is 0 Å². The summed E-state index contributed by atoms with van der Waals surface area (Å²) in [5.74, 6) is 0.0234. The quantitative estimate of drug-likeness (QED) is 0.548. The summed E-state index contributed by atoms with van der Waals surface area (Å²) in [7, 11) is -2.31. The van der Waals surface area contributed by atoms with E-state index in [1.54, 1.807) is 0 Å². The fourth-order valence-electron chi connectivity index (χ4n) is 3.79. The number of nitrogens with zero attached hydrogens (tertiary/aromatic N) is 4. The zero-order chi connectivity index (χ0) is 24.8. The topological polar surface area (TPSA) is 104 Å². The molecule has 0 bridgehead atoms. The molecule has 0 saturated carbocycles. The van der Waals surface area contributed by atoms with Gasteiger partial charge in [0, 0.05) is 23.2 Å². The monoisotopic (exact) mass is 490 g/mol. The zero-order valence-electron chi connectivity index (χ0n) is 17.9. The standard InChI is InChI=1S/C22H17F3N4O4S/c1-33-20-6-4-14(22(23,24)25)7-18(20)28-12-15(9-26)29(21(28)30)19-11-27-10-13-3-5-16(8-17(13)19)34(2,31)32/h3-8,10-11,15H,12H2,1-2H3/t15-/m0/s1. The van der Waals surface area contributed by atoms with Crippen molar-refractivity contribution in [3.05, 3.63) is 54.4 Å². The minimum Gasteiger partial charge on any atom is -0.495 e. The van der Waals surface area contributed by atoms with Gasteiger partial charge in [0.15, 0.2) is 9.84 Å². The van der Waals surface area contributed by atoms with Gasteiger partial charge in [0.25, 0.3) is 0 Å². The summed E-state index contributed by atoms with van der Waals surface area (Å²) in [6, 6.07) is 7.16. The van der Waals surface area contributed by atoms with Crippen molar-refractivity contribution in [3.8, 4) is 11.8 Å². The first-order valence-corrected chi connectivity index (χ1v) is 11.7. The third kappa shape index (κ3) is 3.99. The lowest BCUT2D eigenvalue weighted by Gasteiger charge is -2.22. The zero-order valence-corrected chi connectivity index (χ0v) is 18.7. The lowest BCUT2D eigenvalue weighted by atomic mass is 10.1. The summed E-state index contributed by atoms with van der Waals surface area (Å²) in [4.78, 5) is 19.7. The van der Waals surface area contributed by atoms with Crippen molar-refractivity contribution >= 4 is 38.0 Å². The van der Waals surface area contributed by atoms with Gasteiger partial charge < -0.3 is 4.74 Å². The van der Waals surface area contributed by atoms with Crippen LogP contribution in [0.3, 0.4) is 0 Å². The number of pyridine rings is 1. The number of nitriles is 1. The Morgan fingerprint density at radius 3 is 2.50 bits per heavy atom. The normalized spacial score (nSPS) is 16.7. The highest BCUT2D eigenvalue weighted by Gasteiger charge is 2.42. The summed E-state index contributed by atoms with van der Waals surface area (Å²) in [5, 5.41) is 10.6. The number of sulfone groups is 1. The first-order valence-electron chi connectivity index (χ1n) is 9.79. The number of hydrogen-bond acceptors (Lipinski definition) is 6. The van der Waals surface area contributed by atoms with Gasteiger partial charge in [0.1, 0.15) is 11.8 Å². The lowest BCUT2D eigenvalue weighted by Crippen LogP contribution is -2.35. The van der Waals surface area contributed by atoms with Gasteiger partial charge in [-0.05, 0) is 30.3 Å². The number of amides is 2. The fraction of sp³-hybridized carbons (Fsp3) is 0.227. The highest BCUT2D eigenvalue weighted by molar-refractivity contribution is 7.90. The molecular formula is C22H17F3N4O4S. The summed E-state index contributed by atoms with van der Waals surface area (Å²) >= 11 is 0. The highest BCUT2D eigenvalue weighted by Crippen LogP contribution is 2.40. The molecule has 0 N–H and O–H groups in total. The van der Waals surface area contributed by atoms with E-state index in [0.29, 0.717) is 10.8 Å². The van der Waals surface area contributed by atoms with Gasteiger partial charge in [0.2, 0.25) is 0 Å². The SMILES string of the molecule is COc1ccc(C(F)(F)F)cc1N1C[C@H](C#N)N(c2cncc3ccc(S(C)(=O)=O)cc23)C1=O. The maximum atomic E-state index is 13.4. The summed E-state index contributed by atoms with van der Waals surface area (Å²) in [6.07, 6.45) is -0.834. The molecule has 4 rings (SSSR count). The molecule has 1 aliphatic rings. The molecule has 8 nitrogen and oxygen atoms in total. The number of aromatic nitrogens is 1.